The standard InChI is InChI=1S/C17H15N7S/c18-10-7-19-17(20-8-10)24-6-5-12-14(22-9-21-12)15(24)16-23-11-3-1-2-4-13(11)25-16/h1-4,7-9,15H,5-6,18H2,(H,21,22)/t15-/m0/s1. The molecule has 0 unspecified atom stereocenters. The second-order valence-electron chi connectivity index (χ2n) is 5.95. The van der Waals surface area contributed by atoms with E-state index in [4.69, 9.17) is 10.7 Å². The molecule has 25 heavy (non-hydrogen) atoms. The maximum Gasteiger partial charge on any atom is 0.226 e. The van der Waals surface area contributed by atoms with Crippen LogP contribution in [0.4, 0.5) is 11.6 Å². The molecule has 8 heteroatoms. The van der Waals surface area contributed by atoms with Gasteiger partial charge in [-0.2, -0.15) is 0 Å². The Balaban J connectivity index is 1.66. The molecule has 0 spiro atoms. The number of benzene rings is 1. The van der Waals surface area contributed by atoms with Crippen molar-refractivity contribution in [2.45, 2.75) is 12.5 Å². The Kier molecular flexibility index (Phi) is 3.17. The summed E-state index contributed by atoms with van der Waals surface area (Å²) in [5, 5.41) is 0.995. The summed E-state index contributed by atoms with van der Waals surface area (Å²) in [6.45, 7) is 0.791. The molecule has 3 N–H and O–H groups in total. The van der Waals surface area contributed by atoms with Gasteiger partial charge < -0.3 is 15.6 Å². The Hall–Kier alpha value is -3.00. The second-order valence-corrected chi connectivity index (χ2v) is 7.01. The molecular weight excluding hydrogens is 334 g/mol. The van der Waals surface area contributed by atoms with E-state index in [0.29, 0.717) is 11.6 Å². The van der Waals surface area contributed by atoms with Gasteiger partial charge in [0.05, 0.1) is 40.3 Å². The topological polar surface area (TPSA) is 96.6 Å². The average molecular weight is 349 g/mol. The van der Waals surface area contributed by atoms with Gasteiger partial charge in [0.2, 0.25) is 5.95 Å². The number of nitrogen functional groups attached to an aromatic ring is 1. The van der Waals surface area contributed by atoms with Gasteiger partial charge in [-0.1, -0.05) is 12.1 Å². The van der Waals surface area contributed by atoms with Gasteiger partial charge in [-0.15, -0.1) is 11.3 Å². The highest BCUT2D eigenvalue weighted by Crippen LogP contribution is 2.38. The Morgan fingerprint density at radius 2 is 2.00 bits per heavy atom. The van der Waals surface area contributed by atoms with Crippen molar-refractivity contribution in [2.75, 3.05) is 17.2 Å². The predicted molar refractivity (Wildman–Crippen MR) is 97.5 cm³/mol. The van der Waals surface area contributed by atoms with Gasteiger partial charge in [0.15, 0.2) is 0 Å². The number of nitrogens with two attached hydrogens (primary N) is 1. The van der Waals surface area contributed by atoms with Crippen molar-refractivity contribution in [1.82, 2.24) is 24.9 Å². The summed E-state index contributed by atoms with van der Waals surface area (Å²) in [4.78, 5) is 23.7. The summed E-state index contributed by atoms with van der Waals surface area (Å²) < 4.78 is 1.17. The number of nitrogens with zero attached hydrogens (tertiary/aromatic N) is 5. The number of para-hydroxylation sites is 1. The number of hydrogen-bond acceptors (Lipinski definition) is 7. The maximum absolute atomic E-state index is 5.74. The number of imidazole rings is 1. The fraction of sp³-hybridized carbons (Fsp3) is 0.176. The highest BCUT2D eigenvalue weighted by Gasteiger charge is 2.34. The molecule has 0 bridgehead atoms. The monoisotopic (exact) mass is 349 g/mol. The molecule has 1 aliphatic heterocycles. The second kappa shape index (κ2) is 5.52. The first-order valence-electron chi connectivity index (χ1n) is 8.01. The highest BCUT2D eigenvalue weighted by atomic mass is 32.1. The molecule has 5 rings (SSSR count). The number of nitrogens with one attached hydrogen (secondary N) is 1. The normalized spacial score (nSPS) is 17.0. The fourth-order valence-electron chi connectivity index (χ4n) is 3.23. The maximum atomic E-state index is 5.74. The number of rotatable bonds is 2. The predicted octanol–water partition coefficient (Wildman–Crippen LogP) is 2.54. The lowest BCUT2D eigenvalue weighted by Gasteiger charge is -2.33. The number of aromatic nitrogens is 5. The first-order chi connectivity index (χ1) is 12.3. The molecule has 1 aliphatic rings. The molecular formula is C17H15N7S. The van der Waals surface area contributed by atoms with Crippen LogP contribution < -0.4 is 10.6 Å². The molecule has 4 aromatic rings. The summed E-state index contributed by atoms with van der Waals surface area (Å²) in [6.07, 6.45) is 5.89. The SMILES string of the molecule is Nc1cnc(N2CCc3[nH]cnc3[C@H]2c2nc3ccccc3s2)nc1. The first kappa shape index (κ1) is 14.4. The summed E-state index contributed by atoms with van der Waals surface area (Å²) in [5.74, 6) is 0.645. The molecule has 0 amide bonds. The smallest absolute Gasteiger partial charge is 0.226 e. The van der Waals surface area contributed by atoms with Crippen molar-refractivity contribution >= 4 is 33.2 Å². The third-order valence-corrected chi connectivity index (χ3v) is 5.47. The van der Waals surface area contributed by atoms with E-state index in [-0.39, 0.29) is 6.04 Å². The number of anilines is 2. The van der Waals surface area contributed by atoms with Crippen molar-refractivity contribution in [2.24, 2.45) is 0 Å². The van der Waals surface area contributed by atoms with Gasteiger partial charge >= 0.3 is 0 Å². The van der Waals surface area contributed by atoms with E-state index >= 15 is 0 Å². The zero-order chi connectivity index (χ0) is 16.8. The van der Waals surface area contributed by atoms with Crippen molar-refractivity contribution in [1.29, 1.82) is 0 Å². The molecule has 0 radical (unpaired) electrons. The molecule has 0 aliphatic carbocycles. The Bertz CT molecular complexity index is 1000. The van der Waals surface area contributed by atoms with Crippen LogP contribution in [-0.2, 0) is 6.42 Å². The Morgan fingerprint density at radius 1 is 1.16 bits per heavy atom. The van der Waals surface area contributed by atoms with Crippen LogP contribution in [-0.4, -0.2) is 31.5 Å². The highest BCUT2D eigenvalue weighted by molar-refractivity contribution is 7.18. The first-order valence-corrected chi connectivity index (χ1v) is 8.83. The quantitative estimate of drug-likeness (QED) is 0.577. The third-order valence-electron chi connectivity index (χ3n) is 4.38. The fourth-order valence-corrected chi connectivity index (χ4v) is 4.31. The van der Waals surface area contributed by atoms with Crippen molar-refractivity contribution in [3.63, 3.8) is 0 Å². The van der Waals surface area contributed by atoms with Gasteiger partial charge in [0, 0.05) is 18.7 Å². The van der Waals surface area contributed by atoms with Crippen LogP contribution in [0, 0.1) is 0 Å². The summed E-state index contributed by atoms with van der Waals surface area (Å²) in [5.41, 5.74) is 9.44. The minimum atomic E-state index is -0.101. The van der Waals surface area contributed by atoms with Crippen molar-refractivity contribution < 1.29 is 0 Å². The summed E-state index contributed by atoms with van der Waals surface area (Å²) in [7, 11) is 0. The number of thiazole rings is 1. The molecule has 1 aromatic carbocycles. The minimum absolute atomic E-state index is 0.101. The van der Waals surface area contributed by atoms with Crippen molar-refractivity contribution in [3.8, 4) is 0 Å². The van der Waals surface area contributed by atoms with Gasteiger partial charge in [-0.25, -0.2) is 19.9 Å². The zero-order valence-electron chi connectivity index (χ0n) is 13.3. The van der Waals surface area contributed by atoms with Gasteiger partial charge in [0.25, 0.3) is 0 Å². The van der Waals surface area contributed by atoms with Gasteiger partial charge in [-0.05, 0) is 12.1 Å². The Labute approximate surface area is 147 Å². The summed E-state index contributed by atoms with van der Waals surface area (Å²) >= 11 is 1.69. The minimum Gasteiger partial charge on any atom is -0.396 e. The third kappa shape index (κ3) is 2.33. The lowest BCUT2D eigenvalue weighted by atomic mass is 10.0. The van der Waals surface area contributed by atoms with E-state index in [1.165, 1.54) is 4.70 Å². The Morgan fingerprint density at radius 3 is 2.84 bits per heavy atom. The average Bonchev–Trinajstić information content (AvgIpc) is 3.28. The molecule has 3 aromatic heterocycles. The van der Waals surface area contributed by atoms with Crippen LogP contribution >= 0.6 is 11.3 Å². The van der Waals surface area contributed by atoms with E-state index in [1.54, 1.807) is 30.1 Å². The number of fused-ring (bicyclic) bond motifs is 2. The van der Waals surface area contributed by atoms with Crippen LogP contribution in [0.2, 0.25) is 0 Å². The lowest BCUT2D eigenvalue weighted by molar-refractivity contribution is 0.617. The zero-order valence-corrected chi connectivity index (χ0v) is 14.1. The molecule has 7 nitrogen and oxygen atoms in total. The van der Waals surface area contributed by atoms with Crippen LogP contribution in [0.1, 0.15) is 22.4 Å². The van der Waals surface area contributed by atoms with Gasteiger partial charge in [0.1, 0.15) is 11.0 Å². The molecule has 4 heterocycles. The molecule has 0 saturated heterocycles. The number of H-pyrrole nitrogens is 1. The van der Waals surface area contributed by atoms with Crippen LogP contribution in [0.3, 0.4) is 0 Å². The molecule has 124 valence electrons. The van der Waals surface area contributed by atoms with E-state index in [1.807, 2.05) is 18.2 Å². The lowest BCUT2D eigenvalue weighted by Crippen LogP contribution is -2.37. The van der Waals surface area contributed by atoms with E-state index in [9.17, 15) is 0 Å². The molecule has 0 saturated carbocycles. The summed E-state index contributed by atoms with van der Waals surface area (Å²) in [6, 6.07) is 8.07. The van der Waals surface area contributed by atoms with Crippen molar-refractivity contribution in [3.05, 3.63) is 59.4 Å². The van der Waals surface area contributed by atoms with Crippen LogP contribution in [0.25, 0.3) is 10.2 Å². The molecule has 0 fully saturated rings. The van der Waals surface area contributed by atoms with E-state index in [2.05, 4.69) is 30.9 Å². The van der Waals surface area contributed by atoms with Gasteiger partial charge in [-0.3, -0.25) is 0 Å². The number of aromatic amines is 1. The largest absolute Gasteiger partial charge is 0.396 e. The van der Waals surface area contributed by atoms with E-state index < -0.39 is 0 Å². The number of hydrogen-bond donors (Lipinski definition) is 2. The van der Waals surface area contributed by atoms with Crippen LogP contribution in [0.5, 0.6) is 0 Å². The molecule has 1 atom stereocenters. The van der Waals surface area contributed by atoms with E-state index in [0.717, 1.165) is 34.9 Å². The van der Waals surface area contributed by atoms with Crippen LogP contribution in [0.15, 0.2) is 43.0 Å².